The molecule has 15 heteroatoms. The Balaban J connectivity index is 0.000000536. The predicted molar refractivity (Wildman–Crippen MR) is 207 cm³/mol. The largest absolute Gasteiger partial charge is 0.389 e. The van der Waals surface area contributed by atoms with Crippen molar-refractivity contribution in [3.63, 3.8) is 0 Å². The van der Waals surface area contributed by atoms with E-state index in [2.05, 4.69) is 58.4 Å². The van der Waals surface area contributed by atoms with Crippen LogP contribution in [-0.2, 0) is 22.7 Å². The number of alkyl halides is 3. The highest BCUT2D eigenvalue weighted by Crippen LogP contribution is 2.46. The van der Waals surface area contributed by atoms with Crippen LogP contribution in [0.25, 0.3) is 32.1 Å². The Kier molecular flexibility index (Phi) is 13.8. The summed E-state index contributed by atoms with van der Waals surface area (Å²) < 4.78 is 55.0. The Morgan fingerprint density at radius 2 is 1.75 bits per heavy atom. The highest BCUT2D eigenvalue weighted by Gasteiger charge is 2.34. The van der Waals surface area contributed by atoms with Crippen LogP contribution in [0.5, 0.6) is 0 Å². The molecule has 0 bridgehead atoms. The third-order valence-corrected chi connectivity index (χ3v) is 10.8. The van der Waals surface area contributed by atoms with Crippen molar-refractivity contribution in [3.05, 3.63) is 34.6 Å². The van der Waals surface area contributed by atoms with Gasteiger partial charge in [0.2, 0.25) is 5.95 Å². The summed E-state index contributed by atoms with van der Waals surface area (Å²) in [5.41, 5.74) is 9.74. The van der Waals surface area contributed by atoms with Gasteiger partial charge in [-0.3, -0.25) is 4.79 Å². The maximum Gasteiger partial charge on any atom is 0.388 e. The van der Waals surface area contributed by atoms with Crippen LogP contribution in [0.1, 0.15) is 83.4 Å². The van der Waals surface area contributed by atoms with Crippen molar-refractivity contribution in [2.24, 2.45) is 0 Å². The van der Waals surface area contributed by atoms with Crippen molar-refractivity contribution in [3.8, 4) is 17.2 Å². The molecule has 9 nitrogen and oxygen atoms in total. The van der Waals surface area contributed by atoms with E-state index >= 15 is 4.39 Å². The first kappa shape index (κ1) is 41.1. The summed E-state index contributed by atoms with van der Waals surface area (Å²) >= 11 is 1.27. The smallest absolute Gasteiger partial charge is 0.388 e. The fourth-order valence-corrected chi connectivity index (χ4v) is 7.39. The van der Waals surface area contributed by atoms with Gasteiger partial charge in [-0.25, -0.2) is 9.37 Å². The van der Waals surface area contributed by atoms with Crippen molar-refractivity contribution >= 4 is 69.4 Å². The van der Waals surface area contributed by atoms with E-state index in [1.165, 1.54) is 30.2 Å². The molecule has 1 saturated heterocycles. The van der Waals surface area contributed by atoms with E-state index < -0.39 is 24.5 Å². The van der Waals surface area contributed by atoms with Crippen LogP contribution < -0.4 is 21.3 Å². The molecular weight excluding hydrogens is 713 g/mol. The number of anilines is 3. The number of nitriles is 1. The summed E-state index contributed by atoms with van der Waals surface area (Å²) in [6, 6.07) is 5.25. The number of likely N-dealkylation sites (N-methyl/N-ethyl adjacent to an activating group) is 1. The monoisotopic (exact) mass is 761 g/mol. The first-order valence-electron chi connectivity index (χ1n) is 17.5. The molecule has 0 amide bonds. The number of rotatable bonds is 9. The molecule has 0 spiro atoms. The number of ether oxygens (including phenoxy) is 1. The van der Waals surface area contributed by atoms with Gasteiger partial charge in [-0.05, 0) is 50.7 Å². The minimum absolute atomic E-state index is 0.0326. The van der Waals surface area contributed by atoms with Gasteiger partial charge in [0, 0.05) is 57.5 Å². The number of unbranched alkanes of at least 4 members (excludes halogenated alkanes) is 1. The van der Waals surface area contributed by atoms with Gasteiger partial charge >= 0.3 is 6.18 Å². The molecule has 3 N–H and O–H groups in total. The number of nitrogens with two attached hydrogens (primary N) is 1. The normalized spacial score (nSPS) is 14.7. The number of aromatic nitrogens is 2. The highest BCUT2D eigenvalue weighted by molar-refractivity contribution is 7.29. The number of nitrogens with zero attached hydrogens (tertiary/aromatic N) is 5. The van der Waals surface area contributed by atoms with E-state index in [4.69, 9.17) is 20.4 Å². The lowest BCUT2D eigenvalue weighted by Crippen LogP contribution is -2.58. The number of hydrogen-bond acceptors (Lipinski definition) is 10. The molecule has 2 aromatic carbocycles. The Labute approximate surface area is 309 Å². The molecule has 2 aliphatic heterocycles. The zero-order chi connectivity index (χ0) is 38.5. The zero-order valence-electron chi connectivity index (χ0n) is 30.8. The highest BCUT2D eigenvalue weighted by atomic mass is 32.1. The molecule has 0 saturated carbocycles. The molecule has 4 aromatic rings. The fraction of sp³-hybridized carbons (Fsp3) is 0.514. The van der Waals surface area contributed by atoms with E-state index in [0.29, 0.717) is 63.2 Å². The van der Waals surface area contributed by atoms with Crippen LogP contribution >= 0.6 is 20.6 Å². The number of carbonyl (C=O) groups excluding carboxylic acids is 1. The molecule has 2 aliphatic rings. The summed E-state index contributed by atoms with van der Waals surface area (Å²) in [4.78, 5) is 26.9. The minimum atomic E-state index is -3.96. The van der Waals surface area contributed by atoms with Crippen molar-refractivity contribution in [2.75, 3.05) is 43.1 Å². The second kappa shape index (κ2) is 17.5. The lowest BCUT2D eigenvalue weighted by molar-refractivity contribution is -0.130. The SMILES string of the molecule is CCC(F)(F)F.CCCC.CCCC(Nc1nc(N2CC(N(C)C)C2)nc2c(P)c(-c3c(F)ccc4sc(N)c(C#N)c34)c3c(c12)COC3)C(C)=O. The summed E-state index contributed by atoms with van der Waals surface area (Å²) in [6.07, 6.45) is -0.553. The molecule has 0 aliphatic carbocycles. The van der Waals surface area contributed by atoms with E-state index in [9.17, 15) is 23.2 Å². The van der Waals surface area contributed by atoms with Crippen LogP contribution in [0.2, 0.25) is 0 Å². The maximum absolute atomic E-state index is 15.9. The topological polar surface area (TPSA) is 120 Å². The molecule has 1 fully saturated rings. The molecule has 282 valence electrons. The number of nitrogens with one attached hydrogen (secondary N) is 1. The summed E-state index contributed by atoms with van der Waals surface area (Å²) in [6.45, 7) is 11.2. The first-order valence-corrected chi connectivity index (χ1v) is 18.9. The van der Waals surface area contributed by atoms with Crippen LogP contribution in [0.15, 0.2) is 12.1 Å². The van der Waals surface area contributed by atoms with Gasteiger partial charge < -0.3 is 25.6 Å². The molecular formula is C37H48F4N7O2PS. The van der Waals surface area contributed by atoms with Crippen LogP contribution in [-0.4, -0.2) is 66.1 Å². The Bertz CT molecular complexity index is 1950. The number of hydrogen-bond donors (Lipinski definition) is 2. The summed E-state index contributed by atoms with van der Waals surface area (Å²) in [5, 5.41) is 15.7. The standard InChI is InChI=1S/C30H33FN7O2PS.C4H10.C3H5F3/c1-5-6-20(14(2)39)34-29-24-18-13-40-12-17(18)23(25-19(31)7-8-21-22(25)16(9-32)28(33)42-21)27(41)26(24)35-30(36-29)38-10-15(11-38)37(3)4;1-3-4-2;1-2-3(4,5)6/h7-8,15,20H,5-6,10-13,33,41H2,1-4H3,(H,34,35,36);3-4H2,1-2H3;2H2,1H3. The number of carbonyl (C=O) groups is 1. The van der Waals surface area contributed by atoms with Crippen molar-refractivity contribution in [2.45, 2.75) is 98.2 Å². The second-order valence-electron chi connectivity index (χ2n) is 13.2. The van der Waals surface area contributed by atoms with E-state index in [0.717, 1.165) is 47.6 Å². The minimum Gasteiger partial charge on any atom is -0.389 e. The van der Waals surface area contributed by atoms with Crippen molar-refractivity contribution < 1.29 is 27.1 Å². The Morgan fingerprint density at radius 1 is 1.12 bits per heavy atom. The van der Waals surface area contributed by atoms with Gasteiger partial charge in [-0.1, -0.05) is 47.0 Å². The van der Waals surface area contributed by atoms with E-state index in [1.54, 1.807) is 13.0 Å². The summed E-state index contributed by atoms with van der Waals surface area (Å²) in [7, 11) is 6.88. The van der Waals surface area contributed by atoms with E-state index in [1.807, 2.05) is 6.92 Å². The molecule has 6 rings (SSSR count). The van der Waals surface area contributed by atoms with Crippen LogP contribution in [0.4, 0.5) is 34.3 Å². The van der Waals surface area contributed by atoms with Gasteiger partial charge in [-0.15, -0.1) is 20.6 Å². The molecule has 4 heterocycles. The third-order valence-electron chi connectivity index (χ3n) is 9.23. The number of benzene rings is 2. The third kappa shape index (κ3) is 8.76. The number of ketones is 1. The molecule has 2 aromatic heterocycles. The molecule has 0 radical (unpaired) electrons. The second-order valence-corrected chi connectivity index (χ2v) is 14.8. The molecule has 2 atom stereocenters. The fourth-order valence-electron chi connectivity index (χ4n) is 5.93. The van der Waals surface area contributed by atoms with E-state index in [-0.39, 0.29) is 18.0 Å². The lowest BCUT2D eigenvalue weighted by Gasteiger charge is -2.43. The van der Waals surface area contributed by atoms with Gasteiger partial charge in [0.05, 0.1) is 30.3 Å². The van der Waals surface area contributed by atoms with Crippen molar-refractivity contribution in [1.82, 2.24) is 14.9 Å². The average molecular weight is 762 g/mol. The van der Waals surface area contributed by atoms with Gasteiger partial charge in [0.25, 0.3) is 0 Å². The zero-order valence-corrected chi connectivity index (χ0v) is 32.8. The quantitative estimate of drug-likeness (QED) is 0.128. The summed E-state index contributed by atoms with van der Waals surface area (Å²) in [5.74, 6) is 0.708. The molecule has 2 unspecified atom stereocenters. The van der Waals surface area contributed by atoms with Crippen molar-refractivity contribution in [1.29, 1.82) is 5.26 Å². The number of Topliss-reactive ketones (excluding diaryl/α,β-unsaturated/α-hetero) is 1. The van der Waals surface area contributed by atoms with Crippen LogP contribution in [0.3, 0.4) is 0 Å². The Hall–Kier alpha value is -3.63. The average Bonchev–Trinajstić information content (AvgIpc) is 3.68. The van der Waals surface area contributed by atoms with Crippen LogP contribution in [0, 0.1) is 17.1 Å². The number of thiophene rings is 1. The van der Waals surface area contributed by atoms with Gasteiger partial charge in [-0.2, -0.15) is 23.4 Å². The Morgan fingerprint density at radius 3 is 2.29 bits per heavy atom. The maximum atomic E-state index is 15.9. The van der Waals surface area contributed by atoms with Gasteiger partial charge in [0.15, 0.2) is 5.78 Å². The molecule has 52 heavy (non-hydrogen) atoms. The lowest BCUT2D eigenvalue weighted by atomic mass is 9.90. The number of halogens is 4. The predicted octanol–water partition coefficient (Wildman–Crippen LogP) is 8.32. The number of fused-ring (bicyclic) bond motifs is 4. The first-order chi connectivity index (χ1) is 24.6. The van der Waals surface area contributed by atoms with Gasteiger partial charge in [0.1, 0.15) is 22.7 Å². The number of nitrogen functional groups attached to an aromatic ring is 1.